The minimum Gasteiger partial charge on any atom is -0.376 e. The van der Waals surface area contributed by atoms with Crippen LogP contribution in [0.5, 0.6) is 0 Å². The Balaban J connectivity index is 1.70. The highest BCUT2D eigenvalue weighted by Gasteiger charge is 2.20. The predicted octanol–water partition coefficient (Wildman–Crippen LogP) is 4.15. The highest BCUT2D eigenvalue weighted by molar-refractivity contribution is 7.98. The van der Waals surface area contributed by atoms with E-state index in [1.165, 1.54) is 17.8 Å². The van der Waals surface area contributed by atoms with Crippen molar-refractivity contribution in [3.8, 4) is 0 Å². The maximum atomic E-state index is 13.9. The monoisotopic (exact) mass is 388 g/mol. The first-order valence-corrected chi connectivity index (χ1v) is 9.78. The van der Waals surface area contributed by atoms with E-state index in [4.69, 9.17) is 4.74 Å². The summed E-state index contributed by atoms with van der Waals surface area (Å²) in [5.74, 6) is -0.784. The molecule has 140 valence electrons. The molecule has 4 rings (SSSR count). The Kier molecular flexibility index (Phi) is 5.22. The minimum absolute atomic E-state index is 0.0316. The predicted molar refractivity (Wildman–Crippen MR) is 101 cm³/mol. The van der Waals surface area contributed by atoms with Gasteiger partial charge in [0.25, 0.3) is 5.56 Å². The van der Waals surface area contributed by atoms with E-state index < -0.39 is 11.6 Å². The van der Waals surface area contributed by atoms with Gasteiger partial charge < -0.3 is 4.74 Å². The van der Waals surface area contributed by atoms with Gasteiger partial charge in [-0.2, -0.15) is 0 Å². The fourth-order valence-corrected chi connectivity index (χ4v) is 4.19. The van der Waals surface area contributed by atoms with Crippen molar-refractivity contribution >= 4 is 22.7 Å². The third-order valence-electron chi connectivity index (χ3n) is 4.60. The Morgan fingerprint density at radius 3 is 2.89 bits per heavy atom. The van der Waals surface area contributed by atoms with Crippen LogP contribution in [0.3, 0.4) is 0 Å². The number of hydrogen-bond donors (Lipinski definition) is 0. The van der Waals surface area contributed by atoms with Crippen molar-refractivity contribution in [1.82, 2.24) is 9.55 Å². The Labute approximate surface area is 159 Å². The van der Waals surface area contributed by atoms with Crippen LogP contribution in [0, 0.1) is 11.6 Å². The van der Waals surface area contributed by atoms with E-state index in [1.807, 2.05) is 6.07 Å². The molecule has 1 atom stereocenters. The van der Waals surface area contributed by atoms with Crippen LogP contribution >= 0.6 is 11.8 Å². The summed E-state index contributed by atoms with van der Waals surface area (Å²) in [6, 6.07) is 10.5. The minimum atomic E-state index is -0.491. The first-order chi connectivity index (χ1) is 13.1. The molecule has 1 fully saturated rings. The van der Waals surface area contributed by atoms with Gasteiger partial charge in [0, 0.05) is 17.9 Å². The largest absolute Gasteiger partial charge is 0.376 e. The van der Waals surface area contributed by atoms with Crippen LogP contribution in [-0.4, -0.2) is 22.3 Å². The molecule has 3 aromatic rings. The fraction of sp³-hybridized carbons (Fsp3) is 0.300. The average Bonchev–Trinajstić information content (AvgIpc) is 3.18. The van der Waals surface area contributed by atoms with E-state index >= 15 is 0 Å². The third kappa shape index (κ3) is 3.89. The van der Waals surface area contributed by atoms with Crippen LogP contribution < -0.4 is 5.56 Å². The van der Waals surface area contributed by atoms with Gasteiger partial charge in [0.05, 0.1) is 23.6 Å². The van der Waals surface area contributed by atoms with Gasteiger partial charge >= 0.3 is 0 Å². The molecule has 0 saturated carbocycles. The summed E-state index contributed by atoms with van der Waals surface area (Å²) in [5.41, 5.74) is 0.692. The van der Waals surface area contributed by atoms with Crippen LogP contribution in [0.1, 0.15) is 18.4 Å². The molecule has 1 aromatic heterocycles. The van der Waals surface area contributed by atoms with E-state index in [-0.39, 0.29) is 23.0 Å². The van der Waals surface area contributed by atoms with Crippen molar-refractivity contribution in [1.29, 1.82) is 0 Å². The molecule has 7 heteroatoms. The van der Waals surface area contributed by atoms with E-state index in [0.29, 0.717) is 29.2 Å². The van der Waals surface area contributed by atoms with Crippen LogP contribution in [0.15, 0.2) is 52.4 Å². The number of benzene rings is 2. The average molecular weight is 388 g/mol. The lowest BCUT2D eigenvalue weighted by Gasteiger charge is -2.16. The molecule has 1 aliphatic rings. The molecule has 4 nitrogen and oxygen atoms in total. The Morgan fingerprint density at radius 2 is 2.07 bits per heavy atom. The molecule has 0 radical (unpaired) electrons. The van der Waals surface area contributed by atoms with Gasteiger partial charge in [-0.3, -0.25) is 9.36 Å². The summed E-state index contributed by atoms with van der Waals surface area (Å²) in [5, 5.41) is 1.02. The van der Waals surface area contributed by atoms with Crippen LogP contribution in [0.4, 0.5) is 8.78 Å². The number of fused-ring (bicyclic) bond motifs is 1. The van der Waals surface area contributed by atoms with Crippen molar-refractivity contribution in [2.75, 3.05) is 6.61 Å². The summed E-state index contributed by atoms with van der Waals surface area (Å²) < 4.78 is 34.6. The van der Waals surface area contributed by atoms with Gasteiger partial charge in [0.15, 0.2) is 5.16 Å². The molecule has 0 unspecified atom stereocenters. The molecule has 27 heavy (non-hydrogen) atoms. The van der Waals surface area contributed by atoms with Crippen LogP contribution in [0.25, 0.3) is 10.9 Å². The van der Waals surface area contributed by atoms with Crippen molar-refractivity contribution in [2.45, 2.75) is 36.4 Å². The molecule has 0 spiro atoms. The fourth-order valence-electron chi connectivity index (χ4n) is 3.21. The molecular weight excluding hydrogens is 370 g/mol. The summed E-state index contributed by atoms with van der Waals surface area (Å²) >= 11 is 1.23. The normalized spacial score (nSPS) is 16.9. The van der Waals surface area contributed by atoms with Gasteiger partial charge in [0.2, 0.25) is 0 Å². The molecule has 2 aromatic carbocycles. The topological polar surface area (TPSA) is 44.1 Å². The summed E-state index contributed by atoms with van der Waals surface area (Å²) in [6.07, 6.45) is 1.83. The molecular formula is C20H18F2N2O2S. The van der Waals surface area contributed by atoms with Gasteiger partial charge in [-0.1, -0.05) is 23.9 Å². The lowest BCUT2D eigenvalue weighted by molar-refractivity contribution is 0.0937. The lowest BCUT2D eigenvalue weighted by Crippen LogP contribution is -2.28. The SMILES string of the molecule is O=c1c2ccccc2nc(SCc2cc(F)ccc2F)n1C[C@H]1CCCO1. The van der Waals surface area contributed by atoms with Gasteiger partial charge in [-0.05, 0) is 43.2 Å². The molecule has 2 heterocycles. The van der Waals surface area contributed by atoms with Crippen molar-refractivity contribution < 1.29 is 13.5 Å². The van der Waals surface area contributed by atoms with Crippen molar-refractivity contribution in [2.24, 2.45) is 0 Å². The second-order valence-corrected chi connectivity index (χ2v) is 7.43. The highest BCUT2D eigenvalue weighted by Crippen LogP contribution is 2.25. The van der Waals surface area contributed by atoms with E-state index in [1.54, 1.807) is 22.8 Å². The third-order valence-corrected chi connectivity index (χ3v) is 5.63. The molecule has 0 bridgehead atoms. The molecule has 0 amide bonds. The molecule has 0 N–H and O–H groups in total. The van der Waals surface area contributed by atoms with Crippen molar-refractivity contribution in [3.63, 3.8) is 0 Å². The highest BCUT2D eigenvalue weighted by atomic mass is 32.2. The maximum absolute atomic E-state index is 13.9. The maximum Gasteiger partial charge on any atom is 0.262 e. The van der Waals surface area contributed by atoms with Crippen LogP contribution in [0.2, 0.25) is 0 Å². The second kappa shape index (κ2) is 7.78. The number of rotatable bonds is 5. The number of halogens is 2. The van der Waals surface area contributed by atoms with E-state index in [9.17, 15) is 13.6 Å². The number of nitrogens with zero attached hydrogens (tertiary/aromatic N) is 2. The van der Waals surface area contributed by atoms with Gasteiger partial charge in [-0.25, -0.2) is 13.8 Å². The molecule has 1 saturated heterocycles. The zero-order valence-electron chi connectivity index (χ0n) is 14.5. The Hall–Kier alpha value is -2.25. The summed E-state index contributed by atoms with van der Waals surface area (Å²) in [7, 11) is 0. The van der Waals surface area contributed by atoms with E-state index in [2.05, 4.69) is 4.98 Å². The number of hydrogen-bond acceptors (Lipinski definition) is 4. The second-order valence-electron chi connectivity index (χ2n) is 6.49. The Bertz CT molecular complexity index is 1030. The van der Waals surface area contributed by atoms with Crippen LogP contribution in [-0.2, 0) is 17.0 Å². The zero-order chi connectivity index (χ0) is 18.8. The Morgan fingerprint density at radius 1 is 1.22 bits per heavy atom. The first kappa shape index (κ1) is 18.1. The van der Waals surface area contributed by atoms with Crippen molar-refractivity contribution in [3.05, 3.63) is 70.0 Å². The molecule has 1 aliphatic heterocycles. The summed E-state index contributed by atoms with van der Waals surface area (Å²) in [4.78, 5) is 17.6. The zero-order valence-corrected chi connectivity index (χ0v) is 15.3. The smallest absolute Gasteiger partial charge is 0.262 e. The first-order valence-electron chi connectivity index (χ1n) is 8.80. The number of aromatic nitrogens is 2. The van der Waals surface area contributed by atoms with E-state index in [0.717, 1.165) is 25.0 Å². The molecule has 0 aliphatic carbocycles. The quantitative estimate of drug-likeness (QED) is 0.487. The standard InChI is InChI=1S/C20H18F2N2O2S/c21-14-7-8-17(22)13(10-14)12-27-20-23-18-6-2-1-5-16(18)19(25)24(20)11-15-4-3-9-26-15/h1-2,5-8,10,15H,3-4,9,11-12H2/t15-/m1/s1. The number of thioether (sulfide) groups is 1. The van der Waals surface area contributed by atoms with Gasteiger partial charge in [-0.15, -0.1) is 0 Å². The van der Waals surface area contributed by atoms with Gasteiger partial charge in [0.1, 0.15) is 11.6 Å². The number of para-hydroxylation sites is 1. The number of ether oxygens (including phenoxy) is 1. The lowest BCUT2D eigenvalue weighted by atomic mass is 10.2. The summed E-state index contributed by atoms with van der Waals surface area (Å²) in [6.45, 7) is 1.10.